The molecule has 2 heterocycles. The number of ketones is 1. The van der Waals surface area contributed by atoms with Gasteiger partial charge in [0.15, 0.2) is 0 Å². The summed E-state index contributed by atoms with van der Waals surface area (Å²) in [7, 11) is 0. The number of amides is 1. The molecule has 2 aromatic heterocycles. The van der Waals surface area contributed by atoms with Crippen molar-refractivity contribution in [2.24, 2.45) is 5.73 Å². The van der Waals surface area contributed by atoms with Crippen LogP contribution < -0.4 is 11.1 Å². The van der Waals surface area contributed by atoms with Crippen LogP contribution in [-0.4, -0.2) is 21.7 Å². The molecule has 4 rings (SSSR count). The first-order chi connectivity index (χ1) is 14.0. The number of nitrogens with two attached hydrogens (primary N) is 1. The van der Waals surface area contributed by atoms with Gasteiger partial charge in [0.05, 0.1) is 23.0 Å². The van der Waals surface area contributed by atoms with Crippen LogP contribution in [0, 0.1) is 11.6 Å². The number of halogens is 2. The molecular formula is C21H14F2N4O2. The van der Waals surface area contributed by atoms with Crippen LogP contribution in [0.4, 0.5) is 20.2 Å². The number of carbonyl (C=O) groups excluding carboxylic acids is 2. The fraction of sp³-hybridized carbons (Fsp3) is 0. The number of pyridine rings is 1. The number of carbonyl (C=O) groups is 2. The Morgan fingerprint density at radius 2 is 1.76 bits per heavy atom. The average Bonchev–Trinajstić information content (AvgIpc) is 3.11. The second-order valence-corrected chi connectivity index (χ2v) is 6.29. The van der Waals surface area contributed by atoms with Crippen molar-refractivity contribution in [3.63, 3.8) is 0 Å². The highest BCUT2D eigenvalue weighted by atomic mass is 19.1. The first-order valence-corrected chi connectivity index (χ1v) is 8.57. The van der Waals surface area contributed by atoms with Gasteiger partial charge < -0.3 is 16.0 Å². The molecule has 0 radical (unpaired) electrons. The fourth-order valence-corrected chi connectivity index (χ4v) is 3.03. The Balaban J connectivity index is 1.78. The predicted octanol–water partition coefficient (Wildman–Crippen LogP) is 3.91. The molecular weight excluding hydrogens is 378 g/mol. The van der Waals surface area contributed by atoms with Crippen molar-refractivity contribution in [2.45, 2.75) is 0 Å². The number of aromatic nitrogens is 2. The molecule has 0 fully saturated rings. The van der Waals surface area contributed by atoms with Gasteiger partial charge in [-0.3, -0.25) is 9.59 Å². The van der Waals surface area contributed by atoms with Gasteiger partial charge in [-0.1, -0.05) is 18.2 Å². The zero-order valence-corrected chi connectivity index (χ0v) is 14.9. The number of aromatic amines is 1. The van der Waals surface area contributed by atoms with Gasteiger partial charge in [-0.15, -0.1) is 0 Å². The van der Waals surface area contributed by atoms with Gasteiger partial charge >= 0.3 is 0 Å². The molecule has 0 spiro atoms. The van der Waals surface area contributed by atoms with E-state index in [1.165, 1.54) is 6.20 Å². The minimum Gasteiger partial charge on any atom is -0.366 e. The molecule has 8 heteroatoms. The maximum Gasteiger partial charge on any atom is 0.251 e. The number of primary amides is 1. The summed E-state index contributed by atoms with van der Waals surface area (Å²) in [4.78, 5) is 31.3. The van der Waals surface area contributed by atoms with E-state index in [1.54, 1.807) is 12.3 Å². The number of H-pyrrole nitrogens is 1. The minimum absolute atomic E-state index is 0.0173. The Morgan fingerprint density at radius 1 is 1.00 bits per heavy atom. The molecule has 0 aliphatic carbocycles. The number of nitrogens with one attached hydrogen (secondary N) is 2. The summed E-state index contributed by atoms with van der Waals surface area (Å²) < 4.78 is 28.8. The summed E-state index contributed by atoms with van der Waals surface area (Å²) in [5, 5.41) is 3.52. The highest BCUT2D eigenvalue weighted by Gasteiger charge is 2.25. The van der Waals surface area contributed by atoms with E-state index >= 15 is 0 Å². The molecule has 0 unspecified atom stereocenters. The molecule has 6 nitrogen and oxygen atoms in total. The summed E-state index contributed by atoms with van der Waals surface area (Å²) in [5.41, 5.74) is 5.49. The molecule has 29 heavy (non-hydrogen) atoms. The zero-order valence-electron chi connectivity index (χ0n) is 14.9. The summed E-state index contributed by atoms with van der Waals surface area (Å²) in [6, 6.07) is 12.7. The van der Waals surface area contributed by atoms with Crippen molar-refractivity contribution >= 4 is 34.1 Å². The van der Waals surface area contributed by atoms with Gasteiger partial charge in [-0.05, 0) is 30.3 Å². The lowest BCUT2D eigenvalue weighted by molar-refractivity contribution is 0.0996. The molecule has 0 aliphatic rings. The van der Waals surface area contributed by atoms with E-state index in [2.05, 4.69) is 15.3 Å². The van der Waals surface area contributed by atoms with Crippen molar-refractivity contribution in [2.75, 3.05) is 5.32 Å². The highest BCUT2D eigenvalue weighted by Crippen LogP contribution is 2.27. The molecule has 2 aromatic carbocycles. The predicted molar refractivity (Wildman–Crippen MR) is 104 cm³/mol. The van der Waals surface area contributed by atoms with Gasteiger partial charge in [-0.25, -0.2) is 13.8 Å². The van der Waals surface area contributed by atoms with Crippen LogP contribution in [0.5, 0.6) is 0 Å². The maximum absolute atomic E-state index is 14.6. The standard InChI is InChI=1S/C21H14F2N4O2/c22-16-7-6-13(20(24)29)18(23)17(16)19(28)15-10-26-21-14(15)8-12(9-25-21)27-11-4-2-1-3-5-11/h1-10,27H,(H2,24,29)(H,25,26). The van der Waals surface area contributed by atoms with Gasteiger partial charge in [0, 0.05) is 22.8 Å². The first-order valence-electron chi connectivity index (χ1n) is 8.57. The molecule has 144 valence electrons. The Labute approximate surface area is 163 Å². The largest absolute Gasteiger partial charge is 0.366 e. The molecule has 0 saturated heterocycles. The molecule has 0 bridgehead atoms. The third-order valence-corrected chi connectivity index (χ3v) is 4.42. The van der Waals surface area contributed by atoms with Crippen molar-refractivity contribution in [3.05, 3.63) is 89.2 Å². The second-order valence-electron chi connectivity index (χ2n) is 6.29. The van der Waals surface area contributed by atoms with Gasteiger partial charge in [0.2, 0.25) is 5.78 Å². The number of fused-ring (bicyclic) bond motifs is 1. The molecule has 4 aromatic rings. The van der Waals surface area contributed by atoms with E-state index in [0.717, 1.165) is 17.8 Å². The van der Waals surface area contributed by atoms with Crippen LogP contribution in [0.3, 0.4) is 0 Å². The normalized spacial score (nSPS) is 10.8. The third kappa shape index (κ3) is 3.31. The SMILES string of the molecule is NC(=O)c1ccc(F)c(C(=O)c2c[nH]c3ncc(Nc4ccccc4)cc23)c1F. The highest BCUT2D eigenvalue weighted by molar-refractivity contribution is 6.17. The Morgan fingerprint density at radius 3 is 2.48 bits per heavy atom. The van der Waals surface area contributed by atoms with Gasteiger partial charge in [0.25, 0.3) is 5.91 Å². The quantitative estimate of drug-likeness (QED) is 0.448. The molecule has 4 N–H and O–H groups in total. The number of para-hydroxylation sites is 1. The van der Waals surface area contributed by atoms with Crippen LogP contribution in [0.25, 0.3) is 11.0 Å². The van der Waals surface area contributed by atoms with Crippen LogP contribution in [0.2, 0.25) is 0 Å². The van der Waals surface area contributed by atoms with Crippen molar-refractivity contribution in [1.82, 2.24) is 9.97 Å². The fourth-order valence-electron chi connectivity index (χ4n) is 3.03. The lowest BCUT2D eigenvalue weighted by atomic mass is 9.99. The number of benzene rings is 2. The second kappa shape index (κ2) is 7.16. The van der Waals surface area contributed by atoms with Gasteiger partial charge in [-0.2, -0.15) is 0 Å². The lowest BCUT2D eigenvalue weighted by Gasteiger charge is -2.08. The summed E-state index contributed by atoms with van der Waals surface area (Å²) >= 11 is 0. The maximum atomic E-state index is 14.6. The molecule has 0 saturated carbocycles. The van der Waals surface area contributed by atoms with Crippen LogP contribution in [-0.2, 0) is 0 Å². The van der Waals surface area contributed by atoms with E-state index < -0.39 is 34.5 Å². The summed E-state index contributed by atoms with van der Waals surface area (Å²) in [6.07, 6.45) is 2.89. The number of nitrogens with zero attached hydrogens (tertiary/aromatic N) is 1. The lowest BCUT2D eigenvalue weighted by Crippen LogP contribution is -2.17. The van der Waals surface area contributed by atoms with Crippen LogP contribution in [0.1, 0.15) is 26.3 Å². The Bertz CT molecular complexity index is 1250. The third-order valence-electron chi connectivity index (χ3n) is 4.42. The van der Waals surface area contributed by atoms with Crippen molar-refractivity contribution in [1.29, 1.82) is 0 Å². The Kier molecular flexibility index (Phi) is 4.52. The van der Waals surface area contributed by atoms with E-state index in [0.29, 0.717) is 16.7 Å². The number of anilines is 2. The number of hydrogen-bond acceptors (Lipinski definition) is 4. The smallest absolute Gasteiger partial charge is 0.251 e. The molecule has 1 amide bonds. The van der Waals surface area contributed by atoms with Crippen molar-refractivity contribution in [3.8, 4) is 0 Å². The average molecular weight is 392 g/mol. The van der Waals surface area contributed by atoms with E-state index in [-0.39, 0.29) is 5.56 Å². The molecule has 0 aliphatic heterocycles. The topological polar surface area (TPSA) is 101 Å². The first kappa shape index (κ1) is 18.3. The minimum atomic E-state index is -1.29. The number of hydrogen-bond donors (Lipinski definition) is 3. The molecule has 0 atom stereocenters. The van der Waals surface area contributed by atoms with Crippen molar-refractivity contribution < 1.29 is 18.4 Å². The Hall–Kier alpha value is -4.07. The van der Waals surface area contributed by atoms with E-state index in [4.69, 9.17) is 5.73 Å². The number of rotatable bonds is 5. The van der Waals surface area contributed by atoms with Crippen LogP contribution >= 0.6 is 0 Å². The zero-order chi connectivity index (χ0) is 20.5. The monoisotopic (exact) mass is 392 g/mol. The van der Waals surface area contributed by atoms with E-state index in [9.17, 15) is 18.4 Å². The van der Waals surface area contributed by atoms with Crippen LogP contribution in [0.15, 0.2) is 60.9 Å². The van der Waals surface area contributed by atoms with Gasteiger partial charge in [0.1, 0.15) is 17.3 Å². The van der Waals surface area contributed by atoms with E-state index in [1.807, 2.05) is 30.3 Å². The summed E-state index contributed by atoms with van der Waals surface area (Å²) in [5.74, 6) is -4.39. The summed E-state index contributed by atoms with van der Waals surface area (Å²) in [6.45, 7) is 0.